The van der Waals surface area contributed by atoms with Gasteiger partial charge in [0, 0.05) is 12.6 Å². The van der Waals surface area contributed by atoms with Crippen LogP contribution in [0.15, 0.2) is 12.1 Å². The molecule has 2 rings (SSSR count). The molecule has 0 bridgehead atoms. The first-order chi connectivity index (χ1) is 13.4. The lowest BCUT2D eigenvalue weighted by atomic mass is 9.96. The number of benzene rings is 1. The zero-order chi connectivity index (χ0) is 20.5. The Morgan fingerprint density at radius 2 is 2.00 bits per heavy atom. The van der Waals surface area contributed by atoms with Crippen molar-refractivity contribution in [1.29, 1.82) is 0 Å². The van der Waals surface area contributed by atoms with Gasteiger partial charge in [0.15, 0.2) is 0 Å². The number of nitrogen functional groups attached to an aromatic ring is 1. The molecule has 1 aliphatic rings. The average Bonchev–Trinajstić information content (AvgIpc) is 2.68. The van der Waals surface area contributed by atoms with Crippen molar-refractivity contribution in [2.45, 2.75) is 32.1 Å². The SMILES string of the molecule is COc1cc(N)c(Cl)cc1C(=O)NCC1CCN(CCCCCN(C)C)CC1. The minimum Gasteiger partial charge on any atom is -0.496 e. The van der Waals surface area contributed by atoms with E-state index in [4.69, 9.17) is 22.1 Å². The van der Waals surface area contributed by atoms with E-state index in [-0.39, 0.29) is 5.91 Å². The Balaban J connectivity index is 1.70. The molecule has 0 atom stereocenters. The molecule has 158 valence electrons. The summed E-state index contributed by atoms with van der Waals surface area (Å²) in [5.74, 6) is 0.801. The Morgan fingerprint density at radius 1 is 1.29 bits per heavy atom. The van der Waals surface area contributed by atoms with Crippen molar-refractivity contribution in [3.63, 3.8) is 0 Å². The van der Waals surface area contributed by atoms with Gasteiger partial charge in [0.25, 0.3) is 5.91 Å². The first-order valence-corrected chi connectivity index (χ1v) is 10.6. The van der Waals surface area contributed by atoms with Gasteiger partial charge in [-0.1, -0.05) is 18.0 Å². The van der Waals surface area contributed by atoms with Gasteiger partial charge in [-0.3, -0.25) is 4.79 Å². The molecule has 3 N–H and O–H groups in total. The van der Waals surface area contributed by atoms with E-state index < -0.39 is 0 Å². The Morgan fingerprint density at radius 3 is 2.64 bits per heavy atom. The molecular formula is C21H35ClN4O2. The maximum atomic E-state index is 12.5. The molecule has 1 amide bonds. The summed E-state index contributed by atoms with van der Waals surface area (Å²) in [7, 11) is 5.78. The molecule has 0 unspecified atom stereocenters. The first-order valence-electron chi connectivity index (χ1n) is 10.2. The number of ether oxygens (including phenoxy) is 1. The van der Waals surface area contributed by atoms with Crippen molar-refractivity contribution in [3.05, 3.63) is 22.7 Å². The van der Waals surface area contributed by atoms with Gasteiger partial charge in [-0.05, 0) is 77.9 Å². The predicted molar refractivity (Wildman–Crippen MR) is 116 cm³/mol. The smallest absolute Gasteiger partial charge is 0.255 e. The molecule has 1 aromatic rings. The quantitative estimate of drug-likeness (QED) is 0.458. The van der Waals surface area contributed by atoms with Crippen LogP contribution in [0.2, 0.25) is 5.02 Å². The van der Waals surface area contributed by atoms with Gasteiger partial charge in [-0.15, -0.1) is 0 Å². The Bertz CT molecular complexity index is 631. The number of anilines is 1. The second-order valence-corrected chi connectivity index (χ2v) is 8.34. The van der Waals surface area contributed by atoms with Gasteiger partial charge >= 0.3 is 0 Å². The lowest BCUT2D eigenvalue weighted by Crippen LogP contribution is -2.39. The van der Waals surface area contributed by atoms with E-state index in [1.807, 2.05) is 0 Å². The Kier molecular flexibility index (Phi) is 9.35. The van der Waals surface area contributed by atoms with Crippen molar-refractivity contribution < 1.29 is 9.53 Å². The van der Waals surface area contributed by atoms with Crippen LogP contribution in [-0.4, -0.2) is 69.6 Å². The number of hydrogen-bond donors (Lipinski definition) is 2. The van der Waals surface area contributed by atoms with E-state index in [2.05, 4.69) is 29.2 Å². The van der Waals surface area contributed by atoms with Crippen LogP contribution in [0.5, 0.6) is 5.75 Å². The third-order valence-corrected chi connectivity index (χ3v) is 5.73. The van der Waals surface area contributed by atoms with E-state index in [1.165, 1.54) is 39.5 Å². The third kappa shape index (κ3) is 7.15. The number of carbonyl (C=O) groups is 1. The van der Waals surface area contributed by atoms with Gasteiger partial charge in [0.05, 0.1) is 23.4 Å². The lowest BCUT2D eigenvalue weighted by molar-refractivity contribution is 0.0933. The molecule has 0 saturated carbocycles. The number of likely N-dealkylation sites (tertiary alicyclic amines) is 1. The fraction of sp³-hybridized carbons (Fsp3) is 0.667. The minimum absolute atomic E-state index is 0.165. The average molecular weight is 411 g/mol. The van der Waals surface area contributed by atoms with E-state index in [0.29, 0.717) is 34.5 Å². The number of methoxy groups -OCH3 is 1. The molecule has 1 aromatic carbocycles. The van der Waals surface area contributed by atoms with Crippen molar-refractivity contribution in [2.75, 3.05) is 59.7 Å². The van der Waals surface area contributed by atoms with Crippen molar-refractivity contribution in [3.8, 4) is 5.75 Å². The summed E-state index contributed by atoms with van der Waals surface area (Å²) < 4.78 is 5.27. The molecular weight excluding hydrogens is 376 g/mol. The second kappa shape index (κ2) is 11.5. The van der Waals surface area contributed by atoms with Crippen molar-refractivity contribution in [1.82, 2.24) is 15.1 Å². The highest BCUT2D eigenvalue weighted by Gasteiger charge is 2.21. The zero-order valence-corrected chi connectivity index (χ0v) is 18.2. The summed E-state index contributed by atoms with van der Waals surface area (Å²) in [6, 6.07) is 3.16. The molecule has 1 saturated heterocycles. The topological polar surface area (TPSA) is 70.8 Å². The second-order valence-electron chi connectivity index (χ2n) is 7.93. The van der Waals surface area contributed by atoms with Gasteiger partial charge in [-0.25, -0.2) is 0 Å². The highest BCUT2D eigenvalue weighted by molar-refractivity contribution is 6.33. The van der Waals surface area contributed by atoms with Gasteiger partial charge in [-0.2, -0.15) is 0 Å². The fourth-order valence-corrected chi connectivity index (χ4v) is 3.77. The molecule has 6 nitrogen and oxygen atoms in total. The van der Waals surface area contributed by atoms with E-state index in [0.717, 1.165) is 25.9 Å². The maximum absolute atomic E-state index is 12.5. The van der Waals surface area contributed by atoms with Crippen LogP contribution in [0.1, 0.15) is 42.5 Å². The number of rotatable bonds is 10. The van der Waals surface area contributed by atoms with Crippen LogP contribution in [0, 0.1) is 5.92 Å². The van der Waals surface area contributed by atoms with E-state index in [9.17, 15) is 4.79 Å². The summed E-state index contributed by atoms with van der Waals surface area (Å²) in [6.45, 7) is 5.27. The molecule has 28 heavy (non-hydrogen) atoms. The summed E-state index contributed by atoms with van der Waals surface area (Å²) in [5.41, 5.74) is 6.62. The number of nitrogens with zero attached hydrogens (tertiary/aromatic N) is 2. The molecule has 0 aliphatic carbocycles. The molecule has 1 fully saturated rings. The number of nitrogens with two attached hydrogens (primary N) is 1. The van der Waals surface area contributed by atoms with Crippen LogP contribution in [0.3, 0.4) is 0 Å². The Labute approximate surface area is 174 Å². The van der Waals surface area contributed by atoms with Crippen LogP contribution in [0.25, 0.3) is 0 Å². The molecule has 1 heterocycles. The third-order valence-electron chi connectivity index (χ3n) is 5.40. The molecule has 7 heteroatoms. The number of halogens is 1. The molecule has 0 aromatic heterocycles. The molecule has 0 spiro atoms. The van der Waals surface area contributed by atoms with Crippen LogP contribution in [0.4, 0.5) is 5.69 Å². The summed E-state index contributed by atoms with van der Waals surface area (Å²) in [5, 5.41) is 3.40. The first kappa shape index (κ1) is 22.8. The van der Waals surface area contributed by atoms with Gasteiger partial charge < -0.3 is 25.6 Å². The number of unbranched alkanes of at least 4 members (excludes halogenated alkanes) is 2. The zero-order valence-electron chi connectivity index (χ0n) is 17.5. The van der Waals surface area contributed by atoms with Crippen LogP contribution < -0.4 is 15.8 Å². The summed E-state index contributed by atoms with van der Waals surface area (Å²) in [6.07, 6.45) is 6.08. The largest absolute Gasteiger partial charge is 0.496 e. The number of carbonyl (C=O) groups excluding carboxylic acids is 1. The lowest BCUT2D eigenvalue weighted by Gasteiger charge is -2.32. The van der Waals surface area contributed by atoms with E-state index in [1.54, 1.807) is 12.1 Å². The standard InChI is InChI=1S/C21H35ClN4O2/c1-25(2)9-5-4-6-10-26-11-7-16(8-12-26)15-24-21(27)17-13-18(22)19(23)14-20(17)28-3/h13-14,16H,4-12,15,23H2,1-3H3,(H,24,27). The van der Waals surface area contributed by atoms with Gasteiger partial charge in [0.1, 0.15) is 5.75 Å². The Hall–Kier alpha value is -1.50. The normalized spacial score (nSPS) is 15.8. The van der Waals surface area contributed by atoms with Crippen LogP contribution in [-0.2, 0) is 0 Å². The fourth-order valence-electron chi connectivity index (χ4n) is 3.60. The van der Waals surface area contributed by atoms with Crippen LogP contribution >= 0.6 is 11.6 Å². The number of hydrogen-bond acceptors (Lipinski definition) is 5. The maximum Gasteiger partial charge on any atom is 0.255 e. The number of amides is 1. The summed E-state index contributed by atoms with van der Waals surface area (Å²) in [4.78, 5) is 17.3. The number of nitrogens with one attached hydrogen (secondary N) is 1. The highest BCUT2D eigenvalue weighted by Crippen LogP contribution is 2.29. The number of piperidine rings is 1. The molecule has 1 aliphatic heterocycles. The van der Waals surface area contributed by atoms with Crippen molar-refractivity contribution >= 4 is 23.2 Å². The summed E-state index contributed by atoms with van der Waals surface area (Å²) >= 11 is 6.06. The minimum atomic E-state index is -0.165. The van der Waals surface area contributed by atoms with Gasteiger partial charge in [0.2, 0.25) is 0 Å². The van der Waals surface area contributed by atoms with Crippen molar-refractivity contribution in [2.24, 2.45) is 5.92 Å². The van der Waals surface area contributed by atoms with E-state index >= 15 is 0 Å². The monoisotopic (exact) mass is 410 g/mol. The molecule has 0 radical (unpaired) electrons. The predicted octanol–water partition coefficient (Wildman–Crippen LogP) is 3.10. The highest BCUT2D eigenvalue weighted by atomic mass is 35.5.